The van der Waals surface area contributed by atoms with Gasteiger partial charge >= 0.3 is 6.18 Å². The van der Waals surface area contributed by atoms with E-state index >= 15 is 0 Å². The molecule has 2 atom stereocenters. The number of amides is 1. The number of piperazine rings is 1. The van der Waals surface area contributed by atoms with Crippen LogP contribution in [0.4, 0.5) is 19.0 Å². The van der Waals surface area contributed by atoms with E-state index in [-0.39, 0.29) is 36.7 Å². The Balaban J connectivity index is 1.09. The molecule has 0 saturated carbocycles. The Bertz CT molecular complexity index is 1560. The van der Waals surface area contributed by atoms with Crippen molar-refractivity contribution in [2.45, 2.75) is 30.7 Å². The topological polar surface area (TPSA) is 71.9 Å². The molecule has 4 heterocycles. The molecular formula is C32H30F3N5O3. The SMILES string of the molecule is O=C(c1cc2n(n1)[C@H](C(F)(F)F)C[C@@H](c1ccc3c(c1)OCO3)N2)N1CCN(C(c2ccccc2)c2ccccc2)CC1. The first-order chi connectivity index (χ1) is 20.8. The second kappa shape index (κ2) is 11.0. The van der Waals surface area contributed by atoms with Crippen molar-refractivity contribution in [1.29, 1.82) is 0 Å². The first-order valence-electron chi connectivity index (χ1n) is 14.3. The molecule has 1 fully saturated rings. The molecule has 43 heavy (non-hydrogen) atoms. The highest BCUT2D eigenvalue weighted by molar-refractivity contribution is 5.93. The molecule has 0 bridgehead atoms. The minimum Gasteiger partial charge on any atom is -0.454 e. The highest BCUT2D eigenvalue weighted by atomic mass is 19.4. The van der Waals surface area contributed by atoms with Gasteiger partial charge in [-0.1, -0.05) is 66.7 Å². The van der Waals surface area contributed by atoms with Crippen LogP contribution in [0.3, 0.4) is 0 Å². The maximum absolute atomic E-state index is 14.3. The van der Waals surface area contributed by atoms with E-state index in [1.54, 1.807) is 23.1 Å². The van der Waals surface area contributed by atoms with Gasteiger partial charge in [-0.2, -0.15) is 18.3 Å². The van der Waals surface area contributed by atoms with E-state index in [2.05, 4.69) is 39.6 Å². The lowest BCUT2D eigenvalue weighted by molar-refractivity contribution is -0.173. The molecule has 0 unspecified atom stereocenters. The number of rotatable bonds is 5. The van der Waals surface area contributed by atoms with Gasteiger partial charge in [-0.15, -0.1) is 0 Å². The van der Waals surface area contributed by atoms with Gasteiger partial charge in [-0.25, -0.2) is 4.68 Å². The van der Waals surface area contributed by atoms with Crippen molar-refractivity contribution < 1.29 is 27.4 Å². The van der Waals surface area contributed by atoms with Crippen molar-refractivity contribution in [1.82, 2.24) is 19.6 Å². The molecule has 8 nitrogen and oxygen atoms in total. The number of carbonyl (C=O) groups excluding carboxylic acids is 1. The summed E-state index contributed by atoms with van der Waals surface area (Å²) in [6, 6.07) is 24.5. The zero-order chi connectivity index (χ0) is 29.6. The van der Waals surface area contributed by atoms with E-state index in [1.807, 2.05) is 36.4 Å². The van der Waals surface area contributed by atoms with Crippen molar-refractivity contribution >= 4 is 11.7 Å². The Hall–Kier alpha value is -4.51. The summed E-state index contributed by atoms with van der Waals surface area (Å²) in [7, 11) is 0. The Kier molecular flexibility index (Phi) is 6.97. The lowest BCUT2D eigenvalue weighted by atomic mass is 9.96. The number of carbonyl (C=O) groups is 1. The predicted molar refractivity (Wildman–Crippen MR) is 153 cm³/mol. The molecule has 3 aromatic carbocycles. The van der Waals surface area contributed by atoms with E-state index in [9.17, 15) is 18.0 Å². The molecule has 1 aromatic heterocycles. The summed E-state index contributed by atoms with van der Waals surface area (Å²) in [4.78, 5) is 17.6. The number of alkyl halides is 3. The molecule has 11 heteroatoms. The number of benzene rings is 3. The second-order valence-electron chi connectivity index (χ2n) is 11.0. The highest BCUT2D eigenvalue weighted by Gasteiger charge is 2.47. The fourth-order valence-electron chi connectivity index (χ4n) is 6.26. The Morgan fingerprint density at radius 1 is 0.860 bits per heavy atom. The van der Waals surface area contributed by atoms with Crippen molar-refractivity contribution in [3.63, 3.8) is 0 Å². The molecule has 3 aliphatic heterocycles. The maximum atomic E-state index is 14.3. The molecule has 0 spiro atoms. The van der Waals surface area contributed by atoms with Crippen molar-refractivity contribution in [3.05, 3.63) is 107 Å². The first-order valence-corrected chi connectivity index (χ1v) is 14.3. The number of ether oxygens (including phenoxy) is 2. The van der Waals surface area contributed by atoms with Gasteiger partial charge < -0.3 is 19.7 Å². The van der Waals surface area contributed by atoms with Crippen LogP contribution in [0, 0.1) is 0 Å². The van der Waals surface area contributed by atoms with Gasteiger partial charge in [0.15, 0.2) is 23.2 Å². The van der Waals surface area contributed by atoms with Crippen molar-refractivity contribution in [3.8, 4) is 11.5 Å². The summed E-state index contributed by atoms with van der Waals surface area (Å²) >= 11 is 0. The number of fused-ring (bicyclic) bond motifs is 2. The van der Waals surface area contributed by atoms with Crippen LogP contribution in [-0.4, -0.2) is 64.6 Å². The molecule has 1 saturated heterocycles. The summed E-state index contributed by atoms with van der Waals surface area (Å²) in [5, 5.41) is 7.36. The van der Waals surface area contributed by atoms with Gasteiger partial charge in [-0.05, 0) is 28.8 Å². The molecule has 1 N–H and O–H groups in total. The normalized spacial score (nSPS) is 20.1. The molecule has 7 rings (SSSR count). The van der Waals surface area contributed by atoms with Gasteiger partial charge in [0.05, 0.1) is 12.1 Å². The molecule has 0 aliphatic carbocycles. The number of hydrogen-bond donors (Lipinski definition) is 1. The summed E-state index contributed by atoms with van der Waals surface area (Å²) in [6.07, 6.45) is -4.82. The minimum absolute atomic E-state index is 0.000736. The van der Waals surface area contributed by atoms with E-state index in [4.69, 9.17) is 9.47 Å². The third-order valence-corrected chi connectivity index (χ3v) is 8.41. The van der Waals surface area contributed by atoms with Crippen LogP contribution in [0.2, 0.25) is 0 Å². The van der Waals surface area contributed by atoms with Gasteiger partial charge in [0.2, 0.25) is 6.79 Å². The lowest BCUT2D eigenvalue weighted by Gasteiger charge is -2.39. The van der Waals surface area contributed by atoms with Gasteiger partial charge in [-0.3, -0.25) is 9.69 Å². The average Bonchev–Trinajstić information content (AvgIpc) is 3.68. The van der Waals surface area contributed by atoms with Crippen LogP contribution in [-0.2, 0) is 0 Å². The highest BCUT2D eigenvalue weighted by Crippen LogP contribution is 2.45. The van der Waals surface area contributed by atoms with Gasteiger partial charge in [0.25, 0.3) is 5.91 Å². The Morgan fingerprint density at radius 2 is 1.51 bits per heavy atom. The van der Waals surface area contributed by atoms with Crippen LogP contribution >= 0.6 is 0 Å². The largest absolute Gasteiger partial charge is 0.454 e. The number of nitrogens with zero attached hydrogens (tertiary/aromatic N) is 4. The van der Waals surface area contributed by atoms with Crippen molar-refractivity contribution in [2.24, 2.45) is 0 Å². The lowest BCUT2D eigenvalue weighted by Crippen LogP contribution is -2.50. The predicted octanol–water partition coefficient (Wildman–Crippen LogP) is 5.82. The quantitative estimate of drug-likeness (QED) is 0.317. The average molecular weight is 590 g/mol. The van der Waals surface area contributed by atoms with Crippen LogP contribution in [0.5, 0.6) is 11.5 Å². The number of hydrogen-bond acceptors (Lipinski definition) is 6. The molecule has 4 aromatic rings. The third kappa shape index (κ3) is 5.29. The van der Waals surface area contributed by atoms with E-state index in [1.165, 1.54) is 6.07 Å². The van der Waals surface area contributed by atoms with Crippen LogP contribution in [0.1, 0.15) is 51.7 Å². The number of halogens is 3. The molecule has 3 aliphatic rings. The second-order valence-corrected chi connectivity index (χ2v) is 11.0. The van der Waals surface area contributed by atoms with Crippen molar-refractivity contribution in [2.75, 3.05) is 38.3 Å². The van der Waals surface area contributed by atoms with Crippen LogP contribution < -0.4 is 14.8 Å². The Labute approximate surface area is 246 Å². The molecule has 0 radical (unpaired) electrons. The number of anilines is 1. The van der Waals surface area contributed by atoms with Gasteiger partial charge in [0, 0.05) is 38.7 Å². The summed E-state index contributed by atoms with van der Waals surface area (Å²) in [5.74, 6) is 0.842. The fourth-order valence-corrected chi connectivity index (χ4v) is 6.26. The summed E-state index contributed by atoms with van der Waals surface area (Å²) < 4.78 is 54.5. The first kappa shape index (κ1) is 27.3. The third-order valence-electron chi connectivity index (χ3n) is 8.41. The number of aromatic nitrogens is 2. The molecular weight excluding hydrogens is 559 g/mol. The number of nitrogens with one attached hydrogen (secondary N) is 1. The molecule has 222 valence electrons. The van der Waals surface area contributed by atoms with Gasteiger partial charge in [0.1, 0.15) is 5.82 Å². The maximum Gasteiger partial charge on any atom is 0.410 e. The minimum atomic E-state index is -4.55. The van der Waals surface area contributed by atoms with Crippen LogP contribution in [0.15, 0.2) is 84.9 Å². The van der Waals surface area contributed by atoms with E-state index < -0.39 is 18.3 Å². The van der Waals surface area contributed by atoms with Crippen LogP contribution in [0.25, 0.3) is 0 Å². The molecule has 1 amide bonds. The zero-order valence-electron chi connectivity index (χ0n) is 23.2. The summed E-state index contributed by atoms with van der Waals surface area (Å²) in [5.41, 5.74) is 2.97. The Morgan fingerprint density at radius 3 is 2.16 bits per heavy atom. The van der Waals surface area contributed by atoms with E-state index in [0.717, 1.165) is 15.8 Å². The monoisotopic (exact) mass is 589 g/mol. The zero-order valence-corrected chi connectivity index (χ0v) is 23.2. The van der Waals surface area contributed by atoms with E-state index in [0.29, 0.717) is 43.2 Å². The fraction of sp³-hybridized carbons (Fsp3) is 0.312. The summed E-state index contributed by atoms with van der Waals surface area (Å²) in [6.45, 7) is 2.18. The standard InChI is InChI=1S/C32H30F3N5O3/c33-32(34,35)28-18-24(23-11-12-26-27(17-23)43-20-42-26)36-29-19-25(37-40(28)29)31(41)39-15-13-38(14-16-39)30(21-7-3-1-4-8-21)22-9-5-2-6-10-22/h1-12,17,19,24,28,30,36H,13-16,18,20H2/t24-,28-/m0/s1. The smallest absolute Gasteiger partial charge is 0.410 e.